The molecular weight excluding hydrogens is 372 g/mol. The van der Waals surface area contributed by atoms with Crippen LogP contribution in [0.4, 0.5) is 11.6 Å². The maximum absolute atomic E-state index is 4.76. The van der Waals surface area contributed by atoms with Gasteiger partial charge in [-0.2, -0.15) is 0 Å². The summed E-state index contributed by atoms with van der Waals surface area (Å²) < 4.78 is 0. The molecule has 2 aromatic carbocycles. The van der Waals surface area contributed by atoms with Crippen molar-refractivity contribution in [2.24, 2.45) is 0 Å². The summed E-state index contributed by atoms with van der Waals surface area (Å²) in [5.74, 6) is 2.36. The number of hydrogen-bond acceptors (Lipinski definition) is 6. The van der Waals surface area contributed by atoms with Gasteiger partial charge < -0.3 is 10.6 Å². The lowest BCUT2D eigenvalue weighted by Gasteiger charge is -2.12. The molecule has 2 N–H and O–H groups in total. The highest BCUT2D eigenvalue weighted by Crippen LogP contribution is 2.24. The summed E-state index contributed by atoms with van der Waals surface area (Å²) in [6.45, 7) is 1.42. The van der Waals surface area contributed by atoms with Crippen LogP contribution in [0.25, 0.3) is 33.2 Å². The molecule has 3 aromatic heterocycles. The molecule has 0 saturated heterocycles. The molecule has 6 nitrogen and oxygen atoms in total. The minimum Gasteiger partial charge on any atom is -0.368 e. The van der Waals surface area contributed by atoms with Crippen LogP contribution in [0.5, 0.6) is 0 Å². The summed E-state index contributed by atoms with van der Waals surface area (Å²) in [6.07, 6.45) is 3.50. The highest BCUT2D eigenvalue weighted by atomic mass is 15.1. The van der Waals surface area contributed by atoms with Gasteiger partial charge in [-0.3, -0.25) is 4.98 Å². The Morgan fingerprint density at radius 2 is 1.40 bits per heavy atom. The van der Waals surface area contributed by atoms with Crippen LogP contribution < -0.4 is 10.6 Å². The molecule has 0 radical (unpaired) electrons. The second kappa shape index (κ2) is 8.13. The third-order valence-electron chi connectivity index (χ3n) is 4.86. The number of fused-ring (bicyclic) bond motifs is 2. The van der Waals surface area contributed by atoms with E-state index in [0.717, 1.165) is 39.0 Å². The first kappa shape index (κ1) is 18.0. The summed E-state index contributed by atoms with van der Waals surface area (Å²) in [4.78, 5) is 18.2. The van der Waals surface area contributed by atoms with Crippen LogP contribution in [0.15, 0.2) is 85.2 Å². The molecule has 0 amide bonds. The highest BCUT2D eigenvalue weighted by Gasteiger charge is 2.09. The molecule has 0 aliphatic carbocycles. The van der Waals surface area contributed by atoms with Crippen LogP contribution in [0.3, 0.4) is 0 Å². The minimum atomic E-state index is 0.683. The van der Waals surface area contributed by atoms with E-state index in [0.29, 0.717) is 18.9 Å². The number of nitrogens with one attached hydrogen (secondary N) is 2. The molecule has 0 aliphatic rings. The van der Waals surface area contributed by atoms with Crippen molar-refractivity contribution in [3.05, 3.63) is 85.2 Å². The van der Waals surface area contributed by atoms with E-state index < -0.39 is 0 Å². The Morgan fingerprint density at radius 3 is 2.30 bits per heavy atom. The van der Waals surface area contributed by atoms with E-state index in [-0.39, 0.29) is 0 Å². The maximum atomic E-state index is 4.76. The normalized spacial score (nSPS) is 10.9. The van der Waals surface area contributed by atoms with Crippen molar-refractivity contribution in [3.63, 3.8) is 0 Å². The lowest BCUT2D eigenvalue weighted by molar-refractivity contribution is 1.05. The highest BCUT2D eigenvalue weighted by molar-refractivity contribution is 5.90. The van der Waals surface area contributed by atoms with Crippen molar-refractivity contribution < 1.29 is 0 Å². The number of pyridine rings is 2. The van der Waals surface area contributed by atoms with Gasteiger partial charge in [0, 0.05) is 41.8 Å². The largest absolute Gasteiger partial charge is 0.368 e. The van der Waals surface area contributed by atoms with Gasteiger partial charge in [0.05, 0.1) is 11.0 Å². The Bertz CT molecular complexity index is 1300. The first-order chi connectivity index (χ1) is 14.9. The standard InChI is InChI=1S/C24H20N6/c1-3-7-20-17(5-1)9-10-22(28-20)26-15-16-27-24-19-6-2-4-8-21(19)29-23(30-24)18-11-13-25-14-12-18/h1-14H,15-16H2,(H,26,28)(H,27,29,30). The molecule has 146 valence electrons. The van der Waals surface area contributed by atoms with Gasteiger partial charge in [0.1, 0.15) is 11.6 Å². The number of hydrogen-bond donors (Lipinski definition) is 2. The molecule has 6 heteroatoms. The van der Waals surface area contributed by atoms with Crippen molar-refractivity contribution in [3.8, 4) is 11.4 Å². The number of aromatic nitrogens is 4. The summed E-state index contributed by atoms with van der Waals surface area (Å²) in [5, 5.41) is 8.96. The molecule has 3 heterocycles. The quantitative estimate of drug-likeness (QED) is 0.406. The predicted octanol–water partition coefficient (Wildman–Crippen LogP) is 4.76. The summed E-state index contributed by atoms with van der Waals surface area (Å²) in [7, 11) is 0. The molecule has 5 rings (SSSR count). The van der Waals surface area contributed by atoms with Gasteiger partial charge in [-0.15, -0.1) is 0 Å². The van der Waals surface area contributed by atoms with E-state index in [2.05, 4.69) is 32.7 Å². The van der Waals surface area contributed by atoms with Crippen LogP contribution >= 0.6 is 0 Å². The van der Waals surface area contributed by atoms with Crippen molar-refractivity contribution >= 4 is 33.4 Å². The smallest absolute Gasteiger partial charge is 0.162 e. The number of para-hydroxylation sites is 2. The molecule has 0 aliphatic heterocycles. The Morgan fingerprint density at radius 1 is 0.633 bits per heavy atom. The summed E-state index contributed by atoms with van der Waals surface area (Å²) in [6, 6.07) is 24.1. The second-order valence-electron chi connectivity index (χ2n) is 6.89. The molecular formula is C24H20N6. The van der Waals surface area contributed by atoms with Crippen LogP contribution in [0, 0.1) is 0 Å². The summed E-state index contributed by atoms with van der Waals surface area (Å²) in [5.41, 5.74) is 2.84. The van der Waals surface area contributed by atoms with Gasteiger partial charge in [-0.1, -0.05) is 30.3 Å². The Labute approximate surface area is 174 Å². The van der Waals surface area contributed by atoms with Gasteiger partial charge in [-0.25, -0.2) is 15.0 Å². The molecule has 0 bridgehead atoms. The molecule has 0 fully saturated rings. The van der Waals surface area contributed by atoms with E-state index in [9.17, 15) is 0 Å². The van der Waals surface area contributed by atoms with Crippen LogP contribution in [-0.2, 0) is 0 Å². The molecule has 0 spiro atoms. The van der Waals surface area contributed by atoms with Crippen molar-refractivity contribution in [1.29, 1.82) is 0 Å². The molecule has 0 atom stereocenters. The van der Waals surface area contributed by atoms with Gasteiger partial charge in [-0.05, 0) is 42.5 Å². The van der Waals surface area contributed by atoms with Gasteiger partial charge in [0.2, 0.25) is 0 Å². The Hall–Kier alpha value is -4.06. The molecule has 30 heavy (non-hydrogen) atoms. The van der Waals surface area contributed by atoms with E-state index in [1.807, 2.05) is 60.7 Å². The predicted molar refractivity (Wildman–Crippen MR) is 121 cm³/mol. The lowest BCUT2D eigenvalue weighted by Crippen LogP contribution is -2.15. The SMILES string of the molecule is c1ccc2nc(NCCNc3nc(-c4ccncc4)nc4ccccc34)ccc2c1. The van der Waals surface area contributed by atoms with Gasteiger partial charge >= 0.3 is 0 Å². The second-order valence-corrected chi connectivity index (χ2v) is 6.89. The molecule has 0 unspecified atom stereocenters. The maximum Gasteiger partial charge on any atom is 0.162 e. The lowest BCUT2D eigenvalue weighted by atomic mass is 10.2. The van der Waals surface area contributed by atoms with E-state index in [1.165, 1.54) is 0 Å². The van der Waals surface area contributed by atoms with Crippen LogP contribution in [0.1, 0.15) is 0 Å². The fourth-order valence-electron chi connectivity index (χ4n) is 3.38. The van der Waals surface area contributed by atoms with Gasteiger partial charge in [0.15, 0.2) is 5.82 Å². The zero-order valence-corrected chi connectivity index (χ0v) is 16.3. The third kappa shape index (κ3) is 3.75. The van der Waals surface area contributed by atoms with E-state index in [4.69, 9.17) is 9.97 Å². The van der Waals surface area contributed by atoms with Crippen molar-refractivity contribution in [2.75, 3.05) is 23.7 Å². The van der Waals surface area contributed by atoms with Crippen molar-refractivity contribution in [2.45, 2.75) is 0 Å². The van der Waals surface area contributed by atoms with E-state index >= 15 is 0 Å². The fraction of sp³-hybridized carbons (Fsp3) is 0.0833. The number of anilines is 2. The topological polar surface area (TPSA) is 75.6 Å². The third-order valence-corrected chi connectivity index (χ3v) is 4.86. The number of benzene rings is 2. The average molecular weight is 392 g/mol. The Kier molecular flexibility index (Phi) is 4.88. The number of nitrogens with zero attached hydrogens (tertiary/aromatic N) is 4. The minimum absolute atomic E-state index is 0.683. The van der Waals surface area contributed by atoms with Crippen LogP contribution in [0.2, 0.25) is 0 Å². The van der Waals surface area contributed by atoms with Gasteiger partial charge in [0.25, 0.3) is 0 Å². The average Bonchev–Trinajstić information content (AvgIpc) is 2.82. The van der Waals surface area contributed by atoms with Crippen LogP contribution in [-0.4, -0.2) is 33.0 Å². The first-order valence-corrected chi connectivity index (χ1v) is 9.87. The fourth-order valence-corrected chi connectivity index (χ4v) is 3.38. The number of rotatable bonds is 6. The zero-order chi connectivity index (χ0) is 20.2. The van der Waals surface area contributed by atoms with Crippen molar-refractivity contribution in [1.82, 2.24) is 19.9 Å². The van der Waals surface area contributed by atoms with E-state index in [1.54, 1.807) is 12.4 Å². The molecule has 5 aromatic rings. The monoisotopic (exact) mass is 392 g/mol. The first-order valence-electron chi connectivity index (χ1n) is 9.87. The summed E-state index contributed by atoms with van der Waals surface area (Å²) >= 11 is 0. The zero-order valence-electron chi connectivity index (χ0n) is 16.3. The Balaban J connectivity index is 1.33. The molecule has 0 saturated carbocycles.